The lowest BCUT2D eigenvalue weighted by Crippen LogP contribution is -2.54. The van der Waals surface area contributed by atoms with E-state index in [1.54, 1.807) is 40.1 Å². The van der Waals surface area contributed by atoms with Crippen molar-refractivity contribution in [1.29, 1.82) is 0 Å². The third-order valence-corrected chi connectivity index (χ3v) is 9.63. The maximum absolute atomic E-state index is 10.8. The van der Waals surface area contributed by atoms with E-state index in [0.29, 0.717) is 31.4 Å². The lowest BCUT2D eigenvalue weighted by atomic mass is 10.0. The molecule has 348 valence electrons. The molecule has 63 heavy (non-hydrogen) atoms. The van der Waals surface area contributed by atoms with Gasteiger partial charge in [0.15, 0.2) is 0 Å². The summed E-state index contributed by atoms with van der Waals surface area (Å²) in [7, 11) is 1.68. The molecular formula is C39H57N9O15. The predicted molar refractivity (Wildman–Crippen MR) is 215 cm³/mol. The molecule has 7 rings (SSSR count). The topological polar surface area (TPSA) is 344 Å². The monoisotopic (exact) mass is 891 g/mol. The Morgan fingerprint density at radius 1 is 0.556 bits per heavy atom. The normalized spacial score (nSPS) is 25.5. The molecule has 5 atom stereocenters. The highest BCUT2D eigenvalue weighted by molar-refractivity contribution is 6.15. The second kappa shape index (κ2) is 25.9. The molecule has 0 spiro atoms. The van der Waals surface area contributed by atoms with Crippen LogP contribution >= 0.6 is 0 Å². The van der Waals surface area contributed by atoms with Gasteiger partial charge in [-0.25, -0.2) is 9.59 Å². The van der Waals surface area contributed by atoms with Gasteiger partial charge < -0.3 is 15.5 Å². The molecule has 6 fully saturated rings. The number of piperidine rings is 3. The number of nitrogens with one attached hydrogen (secondary N) is 6. The first-order chi connectivity index (χ1) is 29.3. The summed E-state index contributed by atoms with van der Waals surface area (Å²) in [5.74, 6) is -4.61. The lowest BCUT2D eigenvalue weighted by molar-refractivity contribution is -0.186. The number of nitrogens with zero attached hydrogens (tertiary/aromatic N) is 3. The van der Waals surface area contributed by atoms with E-state index in [1.807, 2.05) is 24.5 Å². The summed E-state index contributed by atoms with van der Waals surface area (Å²) in [5.41, 5.74) is 0.637. The van der Waals surface area contributed by atoms with Crippen LogP contribution in [0.1, 0.15) is 92.9 Å². The van der Waals surface area contributed by atoms with Gasteiger partial charge in [0.2, 0.25) is 41.4 Å². The molecule has 0 saturated carbocycles. The van der Waals surface area contributed by atoms with Crippen molar-refractivity contribution >= 4 is 77.0 Å². The zero-order chi connectivity index (χ0) is 48.3. The maximum atomic E-state index is 10.8. The summed E-state index contributed by atoms with van der Waals surface area (Å²) < 4.78 is 0. The van der Waals surface area contributed by atoms with E-state index in [4.69, 9.17) is 10.4 Å². The molecule has 7 aliphatic heterocycles. The number of rotatable bonds is 0. The van der Waals surface area contributed by atoms with Gasteiger partial charge in [-0.1, -0.05) is 41.2 Å². The third-order valence-electron chi connectivity index (χ3n) is 9.63. The van der Waals surface area contributed by atoms with Crippen molar-refractivity contribution in [2.45, 2.75) is 92.9 Å². The molecule has 24 heteroatoms. The van der Waals surface area contributed by atoms with Crippen LogP contribution in [0, 0.1) is 35.5 Å². The van der Waals surface area contributed by atoms with Gasteiger partial charge in [-0.2, -0.15) is 10.1 Å². The molecule has 0 aliphatic carbocycles. The van der Waals surface area contributed by atoms with Crippen molar-refractivity contribution in [2.24, 2.45) is 35.5 Å². The highest BCUT2D eigenvalue weighted by Crippen LogP contribution is 2.17. The fourth-order valence-corrected chi connectivity index (χ4v) is 5.21. The Bertz CT molecular complexity index is 1840. The minimum absolute atomic E-state index is 0.0164. The van der Waals surface area contributed by atoms with Gasteiger partial charge in [0, 0.05) is 80.8 Å². The predicted octanol–water partition coefficient (Wildman–Crippen LogP) is -0.151. The summed E-state index contributed by atoms with van der Waals surface area (Å²) in [6.45, 7) is 14.7. The number of hydrogen-bond donors (Lipinski definition) is 8. The first-order valence-electron chi connectivity index (χ1n) is 19.9. The van der Waals surface area contributed by atoms with Gasteiger partial charge in [-0.3, -0.25) is 84.4 Å². The highest BCUT2D eigenvalue weighted by atomic mass is 16.5. The molecule has 7 heterocycles. The van der Waals surface area contributed by atoms with Crippen LogP contribution in [0.5, 0.6) is 0 Å². The second-order valence-corrected chi connectivity index (χ2v) is 15.2. The Labute approximate surface area is 362 Å². The number of barbiturate groups is 1. The van der Waals surface area contributed by atoms with Gasteiger partial charge >= 0.3 is 12.1 Å². The average Bonchev–Trinajstić information content (AvgIpc) is 3.64. The Morgan fingerprint density at radius 3 is 1.41 bits per heavy atom. The van der Waals surface area contributed by atoms with Crippen LogP contribution in [0.4, 0.5) is 9.59 Å². The smallest absolute Gasteiger partial charge is 0.328 e. The second-order valence-electron chi connectivity index (χ2n) is 15.2. The van der Waals surface area contributed by atoms with E-state index < -0.39 is 47.4 Å². The van der Waals surface area contributed by atoms with E-state index in [-0.39, 0.29) is 88.1 Å². The quantitative estimate of drug-likeness (QED) is 0.0891. The first kappa shape index (κ1) is 54.3. The van der Waals surface area contributed by atoms with Crippen molar-refractivity contribution in [3.8, 4) is 0 Å². The van der Waals surface area contributed by atoms with E-state index in [0.717, 1.165) is 19.4 Å². The van der Waals surface area contributed by atoms with Crippen molar-refractivity contribution < 1.29 is 72.7 Å². The molecule has 24 nitrogen and oxygen atoms in total. The Hall–Kier alpha value is -6.69. The number of amides is 15. The molecule has 8 N–H and O–H groups in total. The Kier molecular flexibility index (Phi) is 22.4. The first-order valence-corrected chi connectivity index (χ1v) is 19.9. The van der Waals surface area contributed by atoms with Gasteiger partial charge in [0.1, 0.15) is 5.92 Å². The molecule has 0 aromatic carbocycles. The molecule has 0 bridgehead atoms. The van der Waals surface area contributed by atoms with Crippen LogP contribution in [0.25, 0.3) is 0 Å². The van der Waals surface area contributed by atoms with Crippen LogP contribution in [0.2, 0.25) is 0 Å². The van der Waals surface area contributed by atoms with Crippen LogP contribution in [0.15, 0.2) is 24.6 Å². The van der Waals surface area contributed by atoms with Gasteiger partial charge in [-0.05, 0) is 38.7 Å². The van der Waals surface area contributed by atoms with Gasteiger partial charge in [-0.15, -0.1) is 0 Å². The SMILES string of the molecule is C=C1C=CN(C)C(=O)N1.CC1C(=O)NC(=O)NC1=O.CC1CC(=O)N(O)C1=O.CC1CC(=O)NC1=O.CC1CCC(=O)N(O)C1=O.CC1CCC(=O)NC1=O.CC1CCCNC1=O. The van der Waals surface area contributed by atoms with Crippen LogP contribution < -0.4 is 31.9 Å². The highest BCUT2D eigenvalue weighted by Gasteiger charge is 2.35. The zero-order valence-corrected chi connectivity index (χ0v) is 36.2. The van der Waals surface area contributed by atoms with Crippen LogP contribution in [-0.4, -0.2) is 116 Å². The summed E-state index contributed by atoms with van der Waals surface area (Å²) in [6.07, 6.45) is 8.12. The molecular weight excluding hydrogens is 834 g/mol. The average molecular weight is 892 g/mol. The van der Waals surface area contributed by atoms with E-state index in [1.165, 1.54) is 11.8 Å². The summed E-state index contributed by atoms with van der Waals surface area (Å²) >= 11 is 0. The summed E-state index contributed by atoms with van der Waals surface area (Å²) in [6, 6.07) is -0.879. The summed E-state index contributed by atoms with van der Waals surface area (Å²) in [4.78, 5) is 139. The number of allylic oxidation sites excluding steroid dienone is 1. The molecule has 0 aromatic rings. The van der Waals surface area contributed by atoms with Crippen LogP contribution in [-0.2, 0) is 52.7 Å². The van der Waals surface area contributed by atoms with Gasteiger partial charge in [0.25, 0.3) is 23.6 Å². The van der Waals surface area contributed by atoms with E-state index in [2.05, 4.69) is 27.8 Å². The number of carbonyl (C=O) groups excluding carboxylic acids is 13. The van der Waals surface area contributed by atoms with E-state index >= 15 is 0 Å². The Morgan fingerprint density at radius 2 is 1.06 bits per heavy atom. The van der Waals surface area contributed by atoms with Crippen LogP contribution in [0.3, 0.4) is 0 Å². The fraction of sp³-hybridized carbons (Fsp3) is 0.564. The minimum atomic E-state index is -0.766. The number of hydrogen-bond acceptors (Lipinski definition) is 15. The van der Waals surface area contributed by atoms with Crippen molar-refractivity contribution in [1.82, 2.24) is 46.9 Å². The standard InChI is InChI=1S/C6H8N2O.C6H9NO3.C6H9NO2.C6H11NO.C5H6N2O3.C5H7NO3.C5H7NO2/c1-5-3-4-8(2)6(9)7-5;1-4-2-3-5(8)7(10)6(4)9;1-4-2-3-5(8)7-6(4)9;1-5-3-2-4-7-6(5)8;1-2-3(8)6-5(10)7-4(2)9;1-3-2-4(7)6(9)5(3)8;1-3-2-4(7)6-5(3)8/h3-4H,1H2,2H3,(H,7,9);4,10H,2-3H2,1H3;4H,2-3H2,1H3,(H,7,8,9);5H,2-4H2,1H3,(H,7,8);2H,1H3,(H2,6,7,8,9,10);3,9H,2H2,1H3;3H,2H2,1H3,(H,6,7,8). The van der Waals surface area contributed by atoms with Crippen molar-refractivity contribution in [2.75, 3.05) is 13.6 Å². The largest absolute Gasteiger partial charge is 0.356 e. The third kappa shape index (κ3) is 18.9. The maximum Gasteiger partial charge on any atom is 0.328 e. The minimum Gasteiger partial charge on any atom is -0.356 e. The number of urea groups is 2. The van der Waals surface area contributed by atoms with E-state index in [9.17, 15) is 62.3 Å². The lowest BCUT2D eigenvalue weighted by Gasteiger charge is -2.22. The number of imide groups is 6. The zero-order valence-electron chi connectivity index (χ0n) is 36.2. The molecule has 0 aromatic heterocycles. The fourth-order valence-electron chi connectivity index (χ4n) is 5.21. The number of hydroxylamine groups is 4. The summed E-state index contributed by atoms with van der Waals surface area (Å²) in [5, 5.41) is 31.4. The Balaban J connectivity index is 0.000000368. The van der Waals surface area contributed by atoms with Gasteiger partial charge in [0.05, 0.1) is 0 Å². The van der Waals surface area contributed by atoms with Crippen molar-refractivity contribution in [3.63, 3.8) is 0 Å². The molecule has 0 radical (unpaired) electrons. The molecule has 7 aliphatic rings. The molecule has 5 unspecified atom stereocenters. The molecule has 15 amide bonds. The van der Waals surface area contributed by atoms with Crippen molar-refractivity contribution in [3.05, 3.63) is 24.6 Å². The molecule has 6 saturated heterocycles. The number of carbonyl (C=O) groups is 13.